The van der Waals surface area contributed by atoms with Gasteiger partial charge in [-0.25, -0.2) is 4.79 Å². The van der Waals surface area contributed by atoms with Gasteiger partial charge in [0.25, 0.3) is 0 Å². The Balaban J connectivity index is 2.27. The van der Waals surface area contributed by atoms with Crippen LogP contribution >= 0.6 is 11.3 Å². The lowest BCUT2D eigenvalue weighted by Crippen LogP contribution is -2.03. The van der Waals surface area contributed by atoms with E-state index < -0.39 is 5.97 Å². The zero-order chi connectivity index (χ0) is 13.8. The first kappa shape index (κ1) is 13.5. The van der Waals surface area contributed by atoms with Crippen LogP contribution in [-0.4, -0.2) is 29.9 Å². The molecular weight excluding hydrogens is 264 g/mol. The molecule has 0 radical (unpaired) electrons. The van der Waals surface area contributed by atoms with Gasteiger partial charge in [-0.15, -0.1) is 10.2 Å². The lowest BCUT2D eigenvalue weighted by Gasteiger charge is -2.04. The van der Waals surface area contributed by atoms with Crippen molar-refractivity contribution in [2.45, 2.75) is 13.8 Å². The van der Waals surface area contributed by atoms with Crippen molar-refractivity contribution in [2.24, 2.45) is 0 Å². The number of hydrogen-bond acceptors (Lipinski definition) is 6. The topological polar surface area (TPSA) is 61.3 Å². The van der Waals surface area contributed by atoms with Gasteiger partial charge in [-0.05, 0) is 37.6 Å². The molecule has 1 aromatic heterocycles. The molecule has 2 aromatic rings. The molecule has 0 aliphatic rings. The Morgan fingerprint density at radius 3 is 2.79 bits per heavy atom. The number of benzene rings is 1. The number of methoxy groups -OCH3 is 1. The Labute approximate surface area is 115 Å². The number of carbonyl (C=O) groups is 1. The first-order valence-corrected chi connectivity index (χ1v) is 6.63. The highest BCUT2D eigenvalue weighted by molar-refractivity contribution is 7.16. The summed E-state index contributed by atoms with van der Waals surface area (Å²) in [5, 5.41) is 8.82. The van der Waals surface area contributed by atoms with Crippen LogP contribution in [0.25, 0.3) is 10.6 Å². The van der Waals surface area contributed by atoms with Gasteiger partial charge in [-0.2, -0.15) is 0 Å². The lowest BCUT2D eigenvalue weighted by atomic mass is 10.1. The number of ether oxygens (including phenoxy) is 2. The molecule has 0 N–H and O–H groups in total. The number of hydrogen-bond donors (Lipinski definition) is 0. The molecule has 1 aromatic carbocycles. The van der Waals surface area contributed by atoms with Gasteiger partial charge in [0.2, 0.25) is 5.01 Å². The van der Waals surface area contributed by atoms with Crippen LogP contribution in [0.5, 0.6) is 5.75 Å². The molecule has 0 spiro atoms. The van der Waals surface area contributed by atoms with Crippen molar-refractivity contribution in [1.29, 1.82) is 0 Å². The Hall–Kier alpha value is -1.95. The molecular formula is C13H14N2O3S. The van der Waals surface area contributed by atoms with Crippen molar-refractivity contribution in [1.82, 2.24) is 10.2 Å². The average Bonchev–Trinajstić information content (AvgIpc) is 2.88. The number of nitrogens with zero attached hydrogens (tertiary/aromatic N) is 2. The van der Waals surface area contributed by atoms with Crippen molar-refractivity contribution in [3.05, 3.63) is 28.8 Å². The second-order valence-corrected chi connectivity index (χ2v) is 4.79. The van der Waals surface area contributed by atoms with Gasteiger partial charge in [0.1, 0.15) is 10.8 Å². The van der Waals surface area contributed by atoms with E-state index in [0.717, 1.165) is 16.9 Å². The third-order valence-electron chi connectivity index (χ3n) is 2.52. The smallest absolute Gasteiger partial charge is 0.369 e. The van der Waals surface area contributed by atoms with Gasteiger partial charge < -0.3 is 9.47 Å². The Morgan fingerprint density at radius 2 is 2.16 bits per heavy atom. The van der Waals surface area contributed by atoms with E-state index in [1.54, 1.807) is 14.0 Å². The largest absolute Gasteiger partial charge is 0.496 e. The minimum atomic E-state index is -0.434. The molecule has 0 fully saturated rings. The standard InChI is InChI=1S/C13H14N2O3S/c1-4-18-13(16)12-15-14-11(19-12)9-5-6-10(17-3)8(2)7-9/h5-7H,4H2,1-3H3. The van der Waals surface area contributed by atoms with E-state index >= 15 is 0 Å². The Kier molecular flexibility index (Phi) is 4.11. The molecule has 100 valence electrons. The molecule has 2 rings (SSSR count). The second kappa shape index (κ2) is 5.79. The molecule has 1 heterocycles. The van der Waals surface area contributed by atoms with Crippen LogP contribution in [0.4, 0.5) is 0 Å². The average molecular weight is 278 g/mol. The molecule has 0 aliphatic carbocycles. The van der Waals surface area contributed by atoms with Crippen LogP contribution in [0.1, 0.15) is 22.3 Å². The quantitative estimate of drug-likeness (QED) is 0.805. The molecule has 0 atom stereocenters. The maximum Gasteiger partial charge on any atom is 0.369 e. The zero-order valence-corrected chi connectivity index (χ0v) is 11.8. The second-order valence-electron chi connectivity index (χ2n) is 3.82. The summed E-state index contributed by atoms with van der Waals surface area (Å²) in [6.07, 6.45) is 0. The van der Waals surface area contributed by atoms with Gasteiger partial charge >= 0.3 is 5.97 Å². The van der Waals surface area contributed by atoms with Gasteiger partial charge in [0, 0.05) is 5.56 Å². The highest BCUT2D eigenvalue weighted by Gasteiger charge is 2.15. The van der Waals surface area contributed by atoms with E-state index in [0.29, 0.717) is 11.6 Å². The van der Waals surface area contributed by atoms with Crippen molar-refractivity contribution in [3.8, 4) is 16.3 Å². The first-order valence-electron chi connectivity index (χ1n) is 5.81. The van der Waals surface area contributed by atoms with E-state index in [1.807, 2.05) is 25.1 Å². The van der Waals surface area contributed by atoms with E-state index in [1.165, 1.54) is 11.3 Å². The molecule has 5 nitrogen and oxygen atoms in total. The molecule has 0 aliphatic heterocycles. The number of aromatic nitrogens is 2. The van der Waals surface area contributed by atoms with Crippen molar-refractivity contribution in [2.75, 3.05) is 13.7 Å². The van der Waals surface area contributed by atoms with Crippen LogP contribution in [0.15, 0.2) is 18.2 Å². The van der Waals surface area contributed by atoms with Crippen LogP contribution in [0, 0.1) is 6.92 Å². The minimum absolute atomic E-state index is 0.269. The predicted octanol–water partition coefficient (Wildman–Crippen LogP) is 2.70. The van der Waals surface area contributed by atoms with Gasteiger partial charge in [0.15, 0.2) is 0 Å². The number of esters is 1. The number of carbonyl (C=O) groups excluding carboxylic acids is 1. The van der Waals surface area contributed by atoms with Gasteiger partial charge in [-0.3, -0.25) is 0 Å². The monoisotopic (exact) mass is 278 g/mol. The normalized spacial score (nSPS) is 10.3. The van der Waals surface area contributed by atoms with E-state index in [9.17, 15) is 4.79 Å². The maximum atomic E-state index is 11.5. The molecule has 6 heteroatoms. The molecule has 0 unspecified atom stereocenters. The zero-order valence-electron chi connectivity index (χ0n) is 11.0. The fraction of sp³-hybridized carbons (Fsp3) is 0.308. The fourth-order valence-corrected chi connectivity index (χ4v) is 2.36. The summed E-state index contributed by atoms with van der Waals surface area (Å²) >= 11 is 1.22. The number of aryl methyl sites for hydroxylation is 1. The predicted molar refractivity (Wildman–Crippen MR) is 72.6 cm³/mol. The fourth-order valence-electron chi connectivity index (χ4n) is 1.63. The SMILES string of the molecule is CCOC(=O)c1nnc(-c2ccc(OC)c(C)c2)s1. The highest BCUT2D eigenvalue weighted by Crippen LogP contribution is 2.28. The Morgan fingerprint density at radius 1 is 1.37 bits per heavy atom. The molecule has 0 bridgehead atoms. The van der Waals surface area contributed by atoms with E-state index in [4.69, 9.17) is 9.47 Å². The summed E-state index contributed by atoms with van der Waals surface area (Å²) in [5.74, 6) is 0.385. The van der Waals surface area contributed by atoms with E-state index in [-0.39, 0.29) is 5.01 Å². The summed E-state index contributed by atoms with van der Waals surface area (Å²) in [6, 6.07) is 5.71. The third kappa shape index (κ3) is 2.90. The van der Waals surface area contributed by atoms with Crippen molar-refractivity contribution < 1.29 is 14.3 Å². The third-order valence-corrected chi connectivity index (χ3v) is 3.47. The summed E-state index contributed by atoms with van der Waals surface area (Å²) in [4.78, 5) is 11.5. The molecule has 0 saturated heterocycles. The maximum absolute atomic E-state index is 11.5. The van der Waals surface area contributed by atoms with Crippen LogP contribution in [-0.2, 0) is 4.74 Å². The van der Waals surface area contributed by atoms with Crippen molar-refractivity contribution >= 4 is 17.3 Å². The number of rotatable bonds is 4. The summed E-state index contributed by atoms with van der Waals surface area (Å²) in [5.41, 5.74) is 1.92. The summed E-state index contributed by atoms with van der Waals surface area (Å²) in [7, 11) is 1.63. The first-order chi connectivity index (χ1) is 9.15. The van der Waals surface area contributed by atoms with Gasteiger partial charge in [0.05, 0.1) is 13.7 Å². The van der Waals surface area contributed by atoms with Crippen LogP contribution < -0.4 is 4.74 Å². The Bertz CT molecular complexity index is 595. The molecule has 19 heavy (non-hydrogen) atoms. The lowest BCUT2D eigenvalue weighted by molar-refractivity contribution is 0.0525. The molecule has 0 amide bonds. The summed E-state index contributed by atoms with van der Waals surface area (Å²) in [6.45, 7) is 4.04. The summed E-state index contributed by atoms with van der Waals surface area (Å²) < 4.78 is 10.1. The van der Waals surface area contributed by atoms with Gasteiger partial charge in [-0.1, -0.05) is 11.3 Å². The highest BCUT2D eigenvalue weighted by atomic mass is 32.1. The minimum Gasteiger partial charge on any atom is -0.496 e. The van der Waals surface area contributed by atoms with Crippen LogP contribution in [0.3, 0.4) is 0 Å². The van der Waals surface area contributed by atoms with Crippen LogP contribution in [0.2, 0.25) is 0 Å². The van der Waals surface area contributed by atoms with Crippen molar-refractivity contribution in [3.63, 3.8) is 0 Å². The van der Waals surface area contributed by atoms with E-state index in [2.05, 4.69) is 10.2 Å². The molecule has 0 saturated carbocycles.